The van der Waals surface area contributed by atoms with Crippen LogP contribution in [0.5, 0.6) is 5.75 Å². The summed E-state index contributed by atoms with van der Waals surface area (Å²) in [5.41, 5.74) is 0.307. The van der Waals surface area contributed by atoms with Crippen LogP contribution in [0.3, 0.4) is 0 Å². The first kappa shape index (κ1) is 27.3. The maximum atomic E-state index is 12.1. The van der Waals surface area contributed by atoms with Crippen molar-refractivity contribution in [2.45, 2.75) is 70.1 Å². The molecule has 1 aliphatic carbocycles. The average Bonchev–Trinajstić information content (AvgIpc) is 3.60. The first-order valence-corrected chi connectivity index (χ1v) is 12.2. The Hall–Kier alpha value is -3.70. The summed E-state index contributed by atoms with van der Waals surface area (Å²) in [5.74, 6) is -2.35. The summed E-state index contributed by atoms with van der Waals surface area (Å²) in [6, 6.07) is 9.06. The van der Waals surface area contributed by atoms with Gasteiger partial charge in [-0.25, -0.2) is 0 Å². The van der Waals surface area contributed by atoms with Crippen molar-refractivity contribution in [1.29, 1.82) is 0 Å². The molecule has 11 nitrogen and oxygen atoms in total. The molecule has 4 atom stereocenters. The van der Waals surface area contributed by atoms with Crippen LogP contribution >= 0.6 is 11.6 Å². The van der Waals surface area contributed by atoms with Gasteiger partial charge in [-0.2, -0.15) is 0 Å². The minimum absolute atomic E-state index is 0.188. The number of rotatable bonds is 7. The molecule has 2 aliphatic rings. The molecule has 12 heteroatoms. The van der Waals surface area contributed by atoms with Crippen molar-refractivity contribution in [3.63, 3.8) is 0 Å². The van der Waals surface area contributed by atoms with Gasteiger partial charge in [-0.15, -0.1) is 0 Å². The molecule has 1 saturated carbocycles. The molecule has 202 valence electrons. The smallest absolute Gasteiger partial charge is 0.310 e. The molecule has 0 amide bonds. The molecule has 1 N–H and O–H groups in total. The Morgan fingerprint density at radius 3 is 2.24 bits per heavy atom. The molecular weight excluding hydrogens is 522 g/mol. The van der Waals surface area contributed by atoms with Crippen molar-refractivity contribution in [3.8, 4) is 5.75 Å². The van der Waals surface area contributed by atoms with E-state index in [0.29, 0.717) is 34.6 Å². The molecule has 38 heavy (non-hydrogen) atoms. The minimum atomic E-state index is -1.14. The van der Waals surface area contributed by atoms with Crippen molar-refractivity contribution in [1.82, 2.24) is 0 Å². The molecule has 1 spiro atoms. The van der Waals surface area contributed by atoms with Crippen molar-refractivity contribution < 1.29 is 43.4 Å². The van der Waals surface area contributed by atoms with E-state index in [4.69, 9.17) is 30.5 Å². The predicted octanol–water partition coefficient (Wildman–Crippen LogP) is 3.94. The van der Waals surface area contributed by atoms with Gasteiger partial charge in [0.2, 0.25) is 0 Å². The van der Waals surface area contributed by atoms with Crippen LogP contribution in [0.2, 0.25) is 5.02 Å². The fraction of sp³-hybridized carbons (Fsp3) is 0.423. The summed E-state index contributed by atoms with van der Waals surface area (Å²) >= 11 is 6.45. The number of carbonyl (C=O) groups excluding carboxylic acids is 3. The lowest BCUT2D eigenvalue weighted by Gasteiger charge is -2.45. The van der Waals surface area contributed by atoms with Crippen LogP contribution in [0.1, 0.15) is 56.4 Å². The summed E-state index contributed by atoms with van der Waals surface area (Å²) in [6.45, 7) is 3.64. The van der Waals surface area contributed by atoms with Gasteiger partial charge in [0.05, 0.1) is 4.92 Å². The van der Waals surface area contributed by atoms with Crippen LogP contribution in [0.15, 0.2) is 36.4 Å². The third-order valence-electron chi connectivity index (χ3n) is 6.47. The number of phenolic OH excluding ortho intramolecular Hbond substituents is 1. The molecule has 0 bridgehead atoms. The highest BCUT2D eigenvalue weighted by Gasteiger charge is 2.65. The first-order valence-electron chi connectivity index (χ1n) is 11.8. The van der Waals surface area contributed by atoms with Crippen LogP contribution in [-0.2, 0) is 39.8 Å². The van der Waals surface area contributed by atoms with Gasteiger partial charge in [-0.05, 0) is 48.1 Å². The van der Waals surface area contributed by atoms with E-state index in [-0.39, 0.29) is 6.42 Å². The maximum Gasteiger partial charge on any atom is 0.310 e. The van der Waals surface area contributed by atoms with E-state index in [1.807, 2.05) is 0 Å². The number of nitrogens with zero attached hydrogens (tertiary/aromatic N) is 1. The topological polar surface area (TPSA) is 152 Å². The lowest BCUT2D eigenvalue weighted by molar-refractivity contribution is -0.385. The van der Waals surface area contributed by atoms with Crippen LogP contribution in [0.25, 0.3) is 0 Å². The maximum absolute atomic E-state index is 12.1. The monoisotopic (exact) mass is 547 g/mol. The summed E-state index contributed by atoms with van der Waals surface area (Å²) < 4.78 is 23.1. The number of hydrogen-bond donors (Lipinski definition) is 1. The van der Waals surface area contributed by atoms with Crippen molar-refractivity contribution >= 4 is 35.2 Å². The number of esters is 3. The third-order valence-corrected chi connectivity index (χ3v) is 6.84. The van der Waals surface area contributed by atoms with Crippen LogP contribution in [0, 0.1) is 10.1 Å². The summed E-state index contributed by atoms with van der Waals surface area (Å²) in [7, 11) is 0. The molecular formula is C26H26ClNO10. The lowest BCUT2D eigenvalue weighted by atomic mass is 9.88. The number of aromatic hydroxyl groups is 1. The Balaban J connectivity index is 1.73. The van der Waals surface area contributed by atoms with Crippen molar-refractivity contribution in [2.75, 3.05) is 0 Å². The third kappa shape index (κ3) is 5.73. The molecule has 1 saturated heterocycles. The second-order valence-corrected chi connectivity index (χ2v) is 9.80. The lowest BCUT2D eigenvalue weighted by Crippen LogP contribution is -2.59. The van der Waals surface area contributed by atoms with Gasteiger partial charge in [0.25, 0.3) is 0 Å². The summed E-state index contributed by atoms with van der Waals surface area (Å²) in [6.07, 6.45) is -2.90. The number of carbonyl (C=O) groups is 3. The Morgan fingerprint density at radius 2 is 1.66 bits per heavy atom. The Kier molecular flexibility index (Phi) is 7.61. The van der Waals surface area contributed by atoms with Crippen molar-refractivity contribution in [2.24, 2.45) is 0 Å². The standard InChI is InChI=1S/C26H26ClNO10/c1-13(29)35-23-22(38-26(8-9-26)25(37-15(3)31)24(23)36-14(2)30)17-5-6-19(27)18(12-17)10-16-4-7-21(32)20(11-16)28(33)34/h4-7,11-12,22-25,32H,8-10H2,1-3H3/t22-,23-,24+,25-/m0/s1. The molecule has 4 rings (SSSR count). The minimum Gasteiger partial charge on any atom is -0.502 e. The van der Waals surface area contributed by atoms with E-state index in [1.54, 1.807) is 24.3 Å². The Bertz CT molecular complexity index is 1290. The van der Waals surface area contributed by atoms with Gasteiger partial charge in [0.1, 0.15) is 11.7 Å². The van der Waals surface area contributed by atoms with Gasteiger partial charge >= 0.3 is 23.6 Å². The number of phenols is 1. The highest BCUT2D eigenvalue weighted by atomic mass is 35.5. The first-order chi connectivity index (χ1) is 17.9. The predicted molar refractivity (Wildman–Crippen MR) is 131 cm³/mol. The zero-order valence-corrected chi connectivity index (χ0v) is 21.6. The summed E-state index contributed by atoms with van der Waals surface area (Å²) in [5, 5.41) is 21.4. The largest absolute Gasteiger partial charge is 0.502 e. The van der Waals surface area contributed by atoms with Gasteiger partial charge < -0.3 is 24.1 Å². The number of nitro benzene ring substituents is 1. The molecule has 1 aliphatic heterocycles. The molecule has 2 aromatic rings. The second kappa shape index (κ2) is 10.6. The van der Waals surface area contributed by atoms with Gasteiger partial charge in [-0.3, -0.25) is 24.5 Å². The fourth-order valence-corrected chi connectivity index (χ4v) is 4.95. The SMILES string of the molecule is CC(=O)O[C@@H]1[C@@H](OC(C)=O)[C@H](OC(C)=O)C2(CC2)O[C@H]1c1ccc(Cl)c(Cc2ccc(O)c([N+](=O)[O-])c2)c1. The number of halogens is 1. The second-order valence-electron chi connectivity index (χ2n) is 9.39. The number of benzene rings is 2. The fourth-order valence-electron chi connectivity index (χ4n) is 4.76. The highest BCUT2D eigenvalue weighted by Crippen LogP contribution is 2.54. The Labute approximate surface area is 222 Å². The van der Waals surface area contributed by atoms with Crippen molar-refractivity contribution in [3.05, 3.63) is 68.2 Å². The van der Waals surface area contributed by atoms with Crippen LogP contribution in [-0.4, -0.2) is 51.9 Å². The van der Waals surface area contributed by atoms with E-state index >= 15 is 0 Å². The van der Waals surface area contributed by atoms with E-state index in [1.165, 1.54) is 32.9 Å². The Morgan fingerprint density at radius 1 is 1.03 bits per heavy atom. The number of nitro groups is 1. The normalized spacial score (nSPS) is 23.4. The number of hydrogen-bond acceptors (Lipinski definition) is 10. The summed E-state index contributed by atoms with van der Waals surface area (Å²) in [4.78, 5) is 46.5. The number of ether oxygens (including phenoxy) is 4. The van der Waals surface area contributed by atoms with Gasteiger partial charge in [0.15, 0.2) is 24.1 Å². The molecule has 2 aromatic carbocycles. The van der Waals surface area contributed by atoms with Crippen LogP contribution < -0.4 is 0 Å². The molecule has 1 heterocycles. The molecule has 0 radical (unpaired) electrons. The van der Waals surface area contributed by atoms with E-state index in [0.717, 1.165) is 0 Å². The van der Waals surface area contributed by atoms with Gasteiger partial charge in [0, 0.05) is 31.9 Å². The zero-order valence-electron chi connectivity index (χ0n) is 20.8. The van der Waals surface area contributed by atoms with E-state index < -0.39 is 64.3 Å². The van der Waals surface area contributed by atoms with E-state index in [2.05, 4.69) is 0 Å². The average molecular weight is 548 g/mol. The van der Waals surface area contributed by atoms with Gasteiger partial charge in [-0.1, -0.05) is 29.8 Å². The molecule has 0 unspecified atom stereocenters. The molecule has 2 fully saturated rings. The quantitative estimate of drug-likeness (QED) is 0.233. The highest BCUT2D eigenvalue weighted by molar-refractivity contribution is 6.31. The van der Waals surface area contributed by atoms with E-state index in [9.17, 15) is 29.6 Å². The van der Waals surface area contributed by atoms with Crippen LogP contribution in [0.4, 0.5) is 5.69 Å². The zero-order chi connectivity index (χ0) is 27.8. The molecule has 0 aromatic heterocycles.